The quantitative estimate of drug-likeness (QED) is 0.786. The van der Waals surface area contributed by atoms with Gasteiger partial charge in [-0.05, 0) is 6.92 Å². The number of carbonyl (C=O) groups is 1. The zero-order valence-corrected chi connectivity index (χ0v) is 9.00. The summed E-state index contributed by atoms with van der Waals surface area (Å²) >= 11 is 0. The molecule has 1 aliphatic heterocycles. The fraction of sp³-hybridized carbons (Fsp3) is 0.889. The van der Waals surface area contributed by atoms with Crippen LogP contribution in [0.5, 0.6) is 0 Å². The van der Waals surface area contributed by atoms with Crippen LogP contribution in [0.3, 0.4) is 0 Å². The number of hydrogen-bond donors (Lipinski definition) is 1. The number of halogens is 3. The van der Waals surface area contributed by atoms with Crippen molar-refractivity contribution in [3.05, 3.63) is 0 Å². The van der Waals surface area contributed by atoms with E-state index in [0.29, 0.717) is 6.54 Å². The van der Waals surface area contributed by atoms with Gasteiger partial charge in [-0.3, -0.25) is 14.6 Å². The van der Waals surface area contributed by atoms with Crippen molar-refractivity contribution in [2.24, 2.45) is 0 Å². The third-order valence-electron chi connectivity index (χ3n) is 2.59. The van der Waals surface area contributed by atoms with Crippen LogP contribution in [-0.2, 0) is 4.79 Å². The minimum absolute atomic E-state index is 0.110. The van der Waals surface area contributed by atoms with E-state index in [-0.39, 0.29) is 25.7 Å². The van der Waals surface area contributed by atoms with Gasteiger partial charge in [-0.25, -0.2) is 0 Å². The fourth-order valence-electron chi connectivity index (χ4n) is 1.88. The largest absolute Gasteiger partial charge is 0.480 e. The van der Waals surface area contributed by atoms with Gasteiger partial charge in [0.25, 0.3) is 0 Å². The van der Waals surface area contributed by atoms with Gasteiger partial charge in [-0.2, -0.15) is 13.2 Å². The first-order valence-electron chi connectivity index (χ1n) is 5.03. The molecule has 0 aliphatic carbocycles. The van der Waals surface area contributed by atoms with Crippen molar-refractivity contribution < 1.29 is 23.1 Å². The predicted octanol–water partition coefficient (Wildman–Crippen LogP) is 0.639. The van der Waals surface area contributed by atoms with Gasteiger partial charge in [0, 0.05) is 25.7 Å². The molecular weight excluding hydrogens is 225 g/mol. The second-order valence-corrected chi connectivity index (χ2v) is 4.06. The number of carboxylic acids is 1. The maximum atomic E-state index is 12.1. The summed E-state index contributed by atoms with van der Waals surface area (Å²) in [7, 11) is 0. The smallest absolute Gasteiger partial charge is 0.401 e. The van der Waals surface area contributed by atoms with Crippen molar-refractivity contribution in [2.45, 2.75) is 19.1 Å². The third kappa shape index (κ3) is 4.36. The van der Waals surface area contributed by atoms with E-state index in [2.05, 4.69) is 0 Å². The van der Waals surface area contributed by atoms with Crippen LogP contribution in [0.25, 0.3) is 0 Å². The highest BCUT2D eigenvalue weighted by atomic mass is 19.4. The van der Waals surface area contributed by atoms with Gasteiger partial charge in [0.05, 0.1) is 13.1 Å². The summed E-state index contributed by atoms with van der Waals surface area (Å²) in [6.45, 7) is 1.60. The zero-order chi connectivity index (χ0) is 12.3. The molecule has 1 saturated heterocycles. The SMILES string of the molecule is C[C@@H]1CN(CC(F)(F)F)CCN1CC(=O)O. The predicted molar refractivity (Wildman–Crippen MR) is 51.2 cm³/mol. The Hall–Kier alpha value is -0.820. The second-order valence-electron chi connectivity index (χ2n) is 4.06. The molecule has 0 radical (unpaired) electrons. The molecule has 0 amide bonds. The standard InChI is InChI=1S/C9H15F3N2O2/c1-7-4-13(6-9(10,11)12)2-3-14(7)5-8(15)16/h7H,2-6H2,1H3,(H,15,16)/t7-/m1/s1. The number of nitrogens with zero attached hydrogens (tertiary/aromatic N) is 2. The van der Waals surface area contributed by atoms with Crippen LogP contribution in [0.1, 0.15) is 6.92 Å². The first kappa shape index (κ1) is 13.2. The molecule has 1 aliphatic rings. The zero-order valence-electron chi connectivity index (χ0n) is 9.00. The van der Waals surface area contributed by atoms with Gasteiger partial charge >= 0.3 is 12.1 Å². The number of aliphatic carboxylic acids is 1. The lowest BCUT2D eigenvalue weighted by molar-refractivity contribution is -0.154. The molecule has 94 valence electrons. The van der Waals surface area contributed by atoms with Crippen LogP contribution in [0.4, 0.5) is 13.2 Å². The molecule has 7 heteroatoms. The maximum absolute atomic E-state index is 12.1. The summed E-state index contributed by atoms with van der Waals surface area (Å²) in [4.78, 5) is 13.5. The molecule has 1 N–H and O–H groups in total. The number of piperazine rings is 1. The Labute approximate surface area is 91.6 Å². The Bertz CT molecular complexity index is 258. The topological polar surface area (TPSA) is 43.8 Å². The highest BCUT2D eigenvalue weighted by molar-refractivity contribution is 5.69. The first-order valence-corrected chi connectivity index (χ1v) is 5.03. The van der Waals surface area contributed by atoms with E-state index in [1.807, 2.05) is 0 Å². The van der Waals surface area contributed by atoms with Crippen LogP contribution in [0.2, 0.25) is 0 Å². The van der Waals surface area contributed by atoms with Crippen LogP contribution in [0, 0.1) is 0 Å². The minimum Gasteiger partial charge on any atom is -0.480 e. The van der Waals surface area contributed by atoms with Gasteiger partial charge in [0.1, 0.15) is 0 Å². The normalized spacial score (nSPS) is 24.6. The Kier molecular flexibility index (Phi) is 4.15. The van der Waals surface area contributed by atoms with E-state index in [0.717, 1.165) is 0 Å². The molecular formula is C9H15F3N2O2. The van der Waals surface area contributed by atoms with Crippen molar-refractivity contribution in [1.29, 1.82) is 0 Å². The van der Waals surface area contributed by atoms with E-state index in [1.165, 1.54) is 4.90 Å². The average molecular weight is 240 g/mol. The maximum Gasteiger partial charge on any atom is 0.401 e. The Morgan fingerprint density at radius 1 is 1.44 bits per heavy atom. The van der Waals surface area contributed by atoms with Crippen molar-refractivity contribution >= 4 is 5.97 Å². The van der Waals surface area contributed by atoms with Gasteiger partial charge in [0.15, 0.2) is 0 Å². The van der Waals surface area contributed by atoms with Gasteiger partial charge < -0.3 is 5.11 Å². The van der Waals surface area contributed by atoms with Crippen molar-refractivity contribution in [1.82, 2.24) is 9.80 Å². The highest BCUT2D eigenvalue weighted by Crippen LogP contribution is 2.19. The van der Waals surface area contributed by atoms with E-state index in [9.17, 15) is 18.0 Å². The van der Waals surface area contributed by atoms with Crippen LogP contribution in [0.15, 0.2) is 0 Å². The summed E-state index contributed by atoms with van der Waals surface area (Å²) in [5.74, 6) is -0.948. The lowest BCUT2D eigenvalue weighted by Crippen LogP contribution is -2.54. The Balaban J connectivity index is 2.42. The summed E-state index contributed by atoms with van der Waals surface area (Å²) in [5.41, 5.74) is 0. The summed E-state index contributed by atoms with van der Waals surface area (Å²) in [5, 5.41) is 8.60. The Morgan fingerprint density at radius 3 is 2.50 bits per heavy atom. The number of alkyl halides is 3. The second kappa shape index (κ2) is 5.01. The third-order valence-corrected chi connectivity index (χ3v) is 2.59. The number of carboxylic acid groups (broad SMARTS) is 1. The lowest BCUT2D eigenvalue weighted by atomic mass is 10.2. The van der Waals surface area contributed by atoms with Crippen molar-refractivity contribution in [3.63, 3.8) is 0 Å². The molecule has 16 heavy (non-hydrogen) atoms. The monoisotopic (exact) mass is 240 g/mol. The highest BCUT2D eigenvalue weighted by Gasteiger charge is 2.34. The summed E-state index contributed by atoms with van der Waals surface area (Å²) in [6, 6.07) is -0.160. The van der Waals surface area contributed by atoms with Crippen LogP contribution in [-0.4, -0.2) is 65.8 Å². The molecule has 1 heterocycles. The molecule has 0 aromatic heterocycles. The number of rotatable bonds is 3. The summed E-state index contributed by atoms with van der Waals surface area (Å²) in [6.07, 6.45) is -4.19. The molecule has 1 atom stereocenters. The minimum atomic E-state index is -4.19. The fourth-order valence-corrected chi connectivity index (χ4v) is 1.88. The Morgan fingerprint density at radius 2 is 2.06 bits per heavy atom. The van der Waals surface area contributed by atoms with E-state index in [4.69, 9.17) is 5.11 Å². The first-order chi connectivity index (χ1) is 7.28. The average Bonchev–Trinajstić information content (AvgIpc) is 2.06. The van der Waals surface area contributed by atoms with Gasteiger partial charge in [0.2, 0.25) is 0 Å². The molecule has 4 nitrogen and oxygen atoms in total. The molecule has 0 unspecified atom stereocenters. The molecule has 0 bridgehead atoms. The molecule has 1 fully saturated rings. The van der Waals surface area contributed by atoms with Crippen LogP contribution < -0.4 is 0 Å². The van der Waals surface area contributed by atoms with Crippen LogP contribution >= 0.6 is 0 Å². The molecule has 0 spiro atoms. The van der Waals surface area contributed by atoms with Crippen molar-refractivity contribution in [2.75, 3.05) is 32.7 Å². The molecule has 0 aromatic carbocycles. The van der Waals surface area contributed by atoms with E-state index >= 15 is 0 Å². The number of hydrogen-bond acceptors (Lipinski definition) is 3. The van der Waals surface area contributed by atoms with E-state index < -0.39 is 18.7 Å². The molecule has 0 aromatic rings. The van der Waals surface area contributed by atoms with Gasteiger partial charge in [-0.1, -0.05) is 0 Å². The molecule has 0 saturated carbocycles. The molecule has 1 rings (SSSR count). The van der Waals surface area contributed by atoms with Crippen molar-refractivity contribution in [3.8, 4) is 0 Å². The van der Waals surface area contributed by atoms with Gasteiger partial charge in [-0.15, -0.1) is 0 Å². The lowest BCUT2D eigenvalue weighted by Gasteiger charge is -2.39. The summed E-state index contributed by atoms with van der Waals surface area (Å²) < 4.78 is 36.4. The van der Waals surface area contributed by atoms with E-state index in [1.54, 1.807) is 11.8 Å².